The fraction of sp³-hybridized carbons (Fsp3) is 0.346. The van der Waals surface area contributed by atoms with Crippen LogP contribution < -0.4 is 0 Å². The lowest BCUT2D eigenvalue weighted by atomic mass is 10.2. The number of thiophene rings is 1. The summed E-state index contributed by atoms with van der Waals surface area (Å²) in [4.78, 5) is 16.7. The molecule has 1 fully saturated rings. The van der Waals surface area contributed by atoms with Crippen LogP contribution in [0.3, 0.4) is 0 Å². The van der Waals surface area contributed by atoms with Gasteiger partial charge in [-0.3, -0.25) is 4.79 Å². The molecule has 34 heavy (non-hydrogen) atoms. The van der Waals surface area contributed by atoms with E-state index >= 15 is 0 Å². The number of aryl methyl sites for hydroxylation is 1. The van der Waals surface area contributed by atoms with Crippen molar-refractivity contribution in [2.75, 3.05) is 19.7 Å². The zero-order valence-electron chi connectivity index (χ0n) is 19.3. The fourth-order valence-corrected chi connectivity index (χ4v) is 6.39. The van der Waals surface area contributed by atoms with E-state index in [9.17, 15) is 13.2 Å². The van der Waals surface area contributed by atoms with Gasteiger partial charge in [-0.1, -0.05) is 48.5 Å². The maximum atomic E-state index is 13.6. The molecule has 0 saturated carbocycles. The smallest absolute Gasteiger partial charge is 0.243 e. The number of sulfonamides is 1. The Balaban J connectivity index is 1.60. The average molecular weight is 499 g/mol. The molecule has 8 heteroatoms. The van der Waals surface area contributed by atoms with E-state index in [2.05, 4.69) is 0 Å². The van der Waals surface area contributed by atoms with Gasteiger partial charge in [0.25, 0.3) is 0 Å². The summed E-state index contributed by atoms with van der Waals surface area (Å²) in [5.74, 6) is -0.228. The molecule has 3 aromatic rings. The van der Waals surface area contributed by atoms with Gasteiger partial charge in [-0.2, -0.15) is 4.31 Å². The van der Waals surface area contributed by atoms with Gasteiger partial charge in [0.15, 0.2) is 0 Å². The monoisotopic (exact) mass is 498 g/mol. The normalized spacial score (nSPS) is 16.1. The predicted octanol–water partition coefficient (Wildman–Crippen LogP) is 4.46. The Hall–Kier alpha value is -2.52. The molecular formula is C26H30N2O4S2. The van der Waals surface area contributed by atoms with Crippen LogP contribution in [0, 0.1) is 6.92 Å². The first-order valence-electron chi connectivity index (χ1n) is 11.4. The van der Waals surface area contributed by atoms with Crippen LogP contribution >= 0.6 is 11.3 Å². The molecule has 1 atom stereocenters. The lowest BCUT2D eigenvalue weighted by Crippen LogP contribution is -2.45. The standard InChI is InChI=1S/C26H30N2O4S2/c1-21-14-16-33-25(21)19-27(17-22-9-4-2-5-10-22)26(29)20-28(18-23-11-8-15-32-23)34(30,31)24-12-6-3-7-13-24/h2-7,9-10,12-14,16,23H,8,11,15,17-20H2,1H3. The van der Waals surface area contributed by atoms with E-state index in [1.807, 2.05) is 48.7 Å². The van der Waals surface area contributed by atoms with Gasteiger partial charge in [0.05, 0.1) is 24.1 Å². The zero-order chi connectivity index (χ0) is 24.0. The van der Waals surface area contributed by atoms with E-state index in [1.54, 1.807) is 46.6 Å². The lowest BCUT2D eigenvalue weighted by Gasteiger charge is -2.28. The van der Waals surface area contributed by atoms with Gasteiger partial charge in [-0.05, 0) is 54.5 Å². The van der Waals surface area contributed by atoms with Gasteiger partial charge in [-0.25, -0.2) is 8.42 Å². The molecule has 1 unspecified atom stereocenters. The second-order valence-corrected chi connectivity index (χ2v) is 11.4. The predicted molar refractivity (Wildman–Crippen MR) is 134 cm³/mol. The maximum absolute atomic E-state index is 13.6. The highest BCUT2D eigenvalue weighted by Gasteiger charge is 2.32. The number of carbonyl (C=O) groups is 1. The molecule has 2 heterocycles. The quantitative estimate of drug-likeness (QED) is 0.414. The van der Waals surface area contributed by atoms with E-state index in [0.717, 1.165) is 28.8 Å². The molecule has 1 amide bonds. The Morgan fingerprint density at radius 3 is 2.35 bits per heavy atom. The number of hydrogen-bond donors (Lipinski definition) is 0. The van der Waals surface area contributed by atoms with E-state index in [0.29, 0.717) is 19.7 Å². The van der Waals surface area contributed by atoms with E-state index in [4.69, 9.17) is 4.74 Å². The number of hydrogen-bond acceptors (Lipinski definition) is 5. The van der Waals surface area contributed by atoms with Crippen LogP contribution in [0.25, 0.3) is 0 Å². The topological polar surface area (TPSA) is 66.9 Å². The van der Waals surface area contributed by atoms with Crippen molar-refractivity contribution >= 4 is 27.3 Å². The number of rotatable bonds is 10. The average Bonchev–Trinajstić information content (AvgIpc) is 3.51. The van der Waals surface area contributed by atoms with E-state index < -0.39 is 10.0 Å². The van der Waals surface area contributed by atoms with Gasteiger partial charge in [0.2, 0.25) is 15.9 Å². The molecule has 180 valence electrons. The van der Waals surface area contributed by atoms with Crippen LogP contribution in [0.15, 0.2) is 77.0 Å². The van der Waals surface area contributed by atoms with Crippen LogP contribution in [0.1, 0.15) is 28.8 Å². The molecule has 0 radical (unpaired) electrons. The Morgan fingerprint density at radius 1 is 1.03 bits per heavy atom. The number of nitrogens with zero attached hydrogens (tertiary/aromatic N) is 2. The molecule has 4 rings (SSSR count). The first kappa shape index (κ1) is 24.6. The highest BCUT2D eigenvalue weighted by Crippen LogP contribution is 2.23. The first-order chi connectivity index (χ1) is 16.4. The van der Waals surface area contributed by atoms with Crippen LogP contribution in [0.5, 0.6) is 0 Å². The SMILES string of the molecule is Cc1ccsc1CN(Cc1ccccc1)C(=O)CN(CC1CCCO1)S(=O)(=O)c1ccccc1. The maximum Gasteiger partial charge on any atom is 0.243 e. The minimum Gasteiger partial charge on any atom is -0.377 e. The first-order valence-corrected chi connectivity index (χ1v) is 13.8. The van der Waals surface area contributed by atoms with Gasteiger partial charge in [0.1, 0.15) is 0 Å². The number of amides is 1. The molecule has 1 aliphatic rings. The summed E-state index contributed by atoms with van der Waals surface area (Å²) in [6.07, 6.45) is 1.49. The van der Waals surface area contributed by atoms with Crippen molar-refractivity contribution in [3.63, 3.8) is 0 Å². The third kappa shape index (κ3) is 6.13. The Kier molecular flexibility index (Phi) is 8.15. The Morgan fingerprint density at radius 2 is 1.74 bits per heavy atom. The molecule has 6 nitrogen and oxygen atoms in total. The molecule has 1 saturated heterocycles. The van der Waals surface area contributed by atoms with Crippen molar-refractivity contribution in [2.24, 2.45) is 0 Å². The largest absolute Gasteiger partial charge is 0.377 e. The Labute approximate surface area is 205 Å². The minimum absolute atomic E-state index is 0.167. The summed E-state index contributed by atoms with van der Waals surface area (Å²) in [7, 11) is -3.85. The summed E-state index contributed by atoms with van der Waals surface area (Å²) in [6.45, 7) is 3.44. The van der Waals surface area contributed by atoms with Crippen molar-refractivity contribution in [1.29, 1.82) is 0 Å². The van der Waals surface area contributed by atoms with Crippen LogP contribution in [0.4, 0.5) is 0 Å². The molecule has 0 spiro atoms. The molecular weight excluding hydrogens is 468 g/mol. The fourth-order valence-electron chi connectivity index (χ4n) is 4.03. The summed E-state index contributed by atoms with van der Waals surface area (Å²) in [5, 5.41) is 2.01. The van der Waals surface area contributed by atoms with Gasteiger partial charge < -0.3 is 9.64 Å². The van der Waals surface area contributed by atoms with Gasteiger partial charge in [0, 0.05) is 24.6 Å². The number of carbonyl (C=O) groups excluding carboxylic acids is 1. The molecule has 0 bridgehead atoms. The number of ether oxygens (including phenoxy) is 1. The summed E-state index contributed by atoms with van der Waals surface area (Å²) in [5.41, 5.74) is 2.13. The van der Waals surface area contributed by atoms with Crippen LogP contribution in [-0.2, 0) is 32.6 Å². The minimum atomic E-state index is -3.85. The second kappa shape index (κ2) is 11.3. The summed E-state index contributed by atoms with van der Waals surface area (Å²) < 4.78 is 34.0. The van der Waals surface area contributed by atoms with Crippen molar-refractivity contribution in [2.45, 2.75) is 43.9 Å². The Bertz CT molecular complexity index is 1170. The van der Waals surface area contributed by atoms with Crippen LogP contribution in [0.2, 0.25) is 0 Å². The van der Waals surface area contributed by atoms with Gasteiger partial charge >= 0.3 is 0 Å². The van der Waals surface area contributed by atoms with Crippen molar-refractivity contribution < 1.29 is 17.9 Å². The zero-order valence-corrected chi connectivity index (χ0v) is 20.9. The molecule has 0 aliphatic carbocycles. The van der Waals surface area contributed by atoms with Crippen molar-refractivity contribution in [3.05, 3.63) is 88.1 Å². The second-order valence-electron chi connectivity index (χ2n) is 8.51. The highest BCUT2D eigenvalue weighted by atomic mass is 32.2. The number of benzene rings is 2. The van der Waals surface area contributed by atoms with Crippen LogP contribution in [-0.4, -0.2) is 49.3 Å². The summed E-state index contributed by atoms with van der Waals surface area (Å²) >= 11 is 1.61. The van der Waals surface area contributed by atoms with E-state index in [-0.39, 0.29) is 30.0 Å². The highest BCUT2D eigenvalue weighted by molar-refractivity contribution is 7.89. The van der Waals surface area contributed by atoms with E-state index in [1.165, 1.54) is 4.31 Å². The van der Waals surface area contributed by atoms with Gasteiger partial charge in [-0.15, -0.1) is 11.3 Å². The lowest BCUT2D eigenvalue weighted by molar-refractivity contribution is -0.132. The molecule has 2 aromatic carbocycles. The van der Waals surface area contributed by atoms with Crippen molar-refractivity contribution in [3.8, 4) is 0 Å². The molecule has 1 aliphatic heterocycles. The molecule has 1 aromatic heterocycles. The van der Waals surface area contributed by atoms with Crippen molar-refractivity contribution in [1.82, 2.24) is 9.21 Å². The summed E-state index contributed by atoms with van der Waals surface area (Å²) in [6, 6.07) is 20.1. The molecule has 0 N–H and O–H groups in total. The third-order valence-electron chi connectivity index (χ3n) is 6.00. The third-order valence-corrected chi connectivity index (χ3v) is 8.83.